The van der Waals surface area contributed by atoms with Crippen molar-refractivity contribution in [3.05, 3.63) is 11.9 Å². The third-order valence-corrected chi connectivity index (χ3v) is 4.17. The Labute approximate surface area is 139 Å². The van der Waals surface area contributed by atoms with Gasteiger partial charge in [-0.15, -0.1) is 0 Å². The van der Waals surface area contributed by atoms with Gasteiger partial charge in [0.2, 0.25) is 0 Å². The molecule has 0 aromatic carbocycles. The molecular formula is C17H30N4O2. The van der Waals surface area contributed by atoms with Gasteiger partial charge in [-0.3, -0.25) is 4.68 Å². The van der Waals surface area contributed by atoms with Crippen molar-refractivity contribution in [3.63, 3.8) is 0 Å². The number of nitrogens with zero attached hydrogens (tertiary/aromatic N) is 2. The fourth-order valence-corrected chi connectivity index (χ4v) is 3.11. The predicted molar refractivity (Wildman–Crippen MR) is 91.6 cm³/mol. The molecule has 130 valence electrons. The highest BCUT2D eigenvalue weighted by atomic mass is 16.6. The lowest BCUT2D eigenvalue weighted by atomic mass is 9.84. The first kappa shape index (κ1) is 17.6. The minimum atomic E-state index is -0.457. The van der Waals surface area contributed by atoms with Gasteiger partial charge >= 0.3 is 6.09 Å². The lowest BCUT2D eigenvalue weighted by Crippen LogP contribution is -2.42. The van der Waals surface area contributed by atoms with E-state index in [1.807, 2.05) is 45.6 Å². The van der Waals surface area contributed by atoms with E-state index in [1.54, 1.807) is 0 Å². The van der Waals surface area contributed by atoms with E-state index in [0.717, 1.165) is 24.2 Å². The molecule has 23 heavy (non-hydrogen) atoms. The van der Waals surface area contributed by atoms with Gasteiger partial charge in [0.25, 0.3) is 0 Å². The summed E-state index contributed by atoms with van der Waals surface area (Å²) in [7, 11) is 1.93. The molecule has 0 aliphatic heterocycles. The number of hydrogen-bond acceptors (Lipinski definition) is 4. The van der Waals surface area contributed by atoms with Gasteiger partial charge in [0.15, 0.2) is 0 Å². The van der Waals surface area contributed by atoms with Crippen LogP contribution in [0.15, 0.2) is 6.20 Å². The molecule has 0 radical (unpaired) electrons. The first-order valence-electron chi connectivity index (χ1n) is 8.48. The van der Waals surface area contributed by atoms with Crippen molar-refractivity contribution in [1.29, 1.82) is 0 Å². The van der Waals surface area contributed by atoms with Gasteiger partial charge in [-0.05, 0) is 46.5 Å². The number of anilines is 1. The average molecular weight is 322 g/mol. The number of carbonyl (C=O) groups is 1. The smallest absolute Gasteiger partial charge is 0.407 e. The molecule has 1 heterocycles. The number of amides is 1. The molecule has 2 rings (SSSR count). The van der Waals surface area contributed by atoms with Crippen LogP contribution in [0.1, 0.15) is 52.1 Å². The van der Waals surface area contributed by atoms with Crippen molar-refractivity contribution in [2.24, 2.45) is 13.0 Å². The molecule has 1 amide bonds. The quantitative estimate of drug-likeness (QED) is 0.893. The highest BCUT2D eigenvalue weighted by Crippen LogP contribution is 2.27. The molecule has 1 aliphatic rings. The number of carbonyl (C=O) groups excluding carboxylic acids is 1. The number of alkyl carbamates (subject to hydrolysis) is 1. The van der Waals surface area contributed by atoms with E-state index in [0.29, 0.717) is 18.5 Å². The second kappa shape index (κ2) is 7.23. The zero-order chi connectivity index (χ0) is 17.0. The summed E-state index contributed by atoms with van der Waals surface area (Å²) in [6, 6.07) is 0.363. The Morgan fingerprint density at radius 2 is 2.09 bits per heavy atom. The van der Waals surface area contributed by atoms with Crippen molar-refractivity contribution in [1.82, 2.24) is 15.1 Å². The fraction of sp³-hybridized carbons (Fsp3) is 0.765. The maximum Gasteiger partial charge on any atom is 0.407 e. The number of hydrogen-bond donors (Lipinski definition) is 2. The molecule has 1 aromatic rings. The molecule has 0 bridgehead atoms. The van der Waals surface area contributed by atoms with Crippen LogP contribution in [0.2, 0.25) is 0 Å². The standard InChI is InChI=1S/C17H30N4O2/c1-12-15(11-21(5)20-12)19-14-9-7-6-8-13(14)10-18-16(22)23-17(2,3)4/h11,13-14,19H,6-10H2,1-5H3,(H,18,22). The Hall–Kier alpha value is -1.72. The lowest BCUT2D eigenvalue weighted by molar-refractivity contribution is 0.0514. The summed E-state index contributed by atoms with van der Waals surface area (Å²) in [5.41, 5.74) is 1.64. The number of aryl methyl sites for hydroxylation is 2. The largest absolute Gasteiger partial charge is 0.444 e. The van der Waals surface area contributed by atoms with Crippen LogP contribution in [0.5, 0.6) is 0 Å². The van der Waals surface area contributed by atoms with E-state index >= 15 is 0 Å². The molecule has 1 aliphatic carbocycles. The highest BCUT2D eigenvalue weighted by molar-refractivity contribution is 5.67. The summed E-state index contributed by atoms with van der Waals surface area (Å²) < 4.78 is 7.15. The van der Waals surface area contributed by atoms with Gasteiger partial charge in [0.1, 0.15) is 5.60 Å². The van der Waals surface area contributed by atoms with Crippen molar-refractivity contribution >= 4 is 11.8 Å². The summed E-state index contributed by atoms with van der Waals surface area (Å²) >= 11 is 0. The van der Waals surface area contributed by atoms with Gasteiger partial charge in [-0.1, -0.05) is 12.8 Å². The molecule has 0 saturated heterocycles. The molecule has 1 saturated carbocycles. The molecule has 2 unspecified atom stereocenters. The summed E-state index contributed by atoms with van der Waals surface area (Å²) in [5, 5.41) is 10.9. The van der Waals surface area contributed by atoms with Crippen LogP contribution in [-0.2, 0) is 11.8 Å². The molecule has 6 nitrogen and oxygen atoms in total. The van der Waals surface area contributed by atoms with E-state index in [1.165, 1.54) is 12.8 Å². The number of aromatic nitrogens is 2. The van der Waals surface area contributed by atoms with Crippen molar-refractivity contribution in [3.8, 4) is 0 Å². The van der Waals surface area contributed by atoms with E-state index in [4.69, 9.17) is 4.74 Å². The van der Waals surface area contributed by atoms with Crippen LogP contribution in [0, 0.1) is 12.8 Å². The molecule has 2 N–H and O–H groups in total. The third-order valence-electron chi connectivity index (χ3n) is 4.17. The second-order valence-corrected chi connectivity index (χ2v) is 7.48. The predicted octanol–water partition coefficient (Wildman–Crippen LogP) is 3.22. The van der Waals surface area contributed by atoms with Crippen molar-refractivity contribution in [2.75, 3.05) is 11.9 Å². The van der Waals surface area contributed by atoms with Gasteiger partial charge in [-0.25, -0.2) is 4.79 Å². The molecule has 6 heteroatoms. The fourth-order valence-electron chi connectivity index (χ4n) is 3.11. The second-order valence-electron chi connectivity index (χ2n) is 7.48. The molecular weight excluding hydrogens is 292 g/mol. The van der Waals surface area contributed by atoms with Crippen LogP contribution in [0.3, 0.4) is 0 Å². The zero-order valence-electron chi connectivity index (χ0n) is 15.0. The van der Waals surface area contributed by atoms with E-state index in [2.05, 4.69) is 15.7 Å². The van der Waals surface area contributed by atoms with Crippen LogP contribution in [0.25, 0.3) is 0 Å². The summed E-state index contributed by atoms with van der Waals surface area (Å²) in [4.78, 5) is 11.9. The van der Waals surface area contributed by atoms with Crippen LogP contribution < -0.4 is 10.6 Å². The Bertz CT molecular complexity index is 533. The van der Waals surface area contributed by atoms with Crippen LogP contribution >= 0.6 is 0 Å². The lowest BCUT2D eigenvalue weighted by Gasteiger charge is -2.33. The maximum absolute atomic E-state index is 11.9. The first-order valence-corrected chi connectivity index (χ1v) is 8.48. The number of nitrogens with one attached hydrogen (secondary N) is 2. The SMILES string of the molecule is Cc1nn(C)cc1NC1CCCCC1CNC(=O)OC(C)(C)C. The molecule has 2 atom stereocenters. The number of rotatable bonds is 4. The maximum atomic E-state index is 11.9. The van der Waals surface area contributed by atoms with Gasteiger partial charge in [-0.2, -0.15) is 5.10 Å². The summed E-state index contributed by atoms with van der Waals surface area (Å²) in [5.74, 6) is 0.413. The van der Waals surface area contributed by atoms with Crippen LogP contribution in [0.4, 0.5) is 10.5 Å². The number of ether oxygens (including phenoxy) is 1. The van der Waals surface area contributed by atoms with Gasteiger partial charge < -0.3 is 15.4 Å². The van der Waals surface area contributed by atoms with Crippen LogP contribution in [-0.4, -0.2) is 34.1 Å². The molecule has 0 spiro atoms. The van der Waals surface area contributed by atoms with Gasteiger partial charge in [0.05, 0.1) is 11.4 Å². The van der Waals surface area contributed by atoms with E-state index < -0.39 is 5.60 Å². The summed E-state index contributed by atoms with van der Waals surface area (Å²) in [6.45, 7) is 8.29. The van der Waals surface area contributed by atoms with E-state index in [9.17, 15) is 4.79 Å². The Morgan fingerprint density at radius 1 is 1.39 bits per heavy atom. The van der Waals surface area contributed by atoms with Crippen molar-refractivity contribution in [2.45, 2.75) is 65.0 Å². The average Bonchev–Trinajstić information content (AvgIpc) is 2.74. The zero-order valence-corrected chi connectivity index (χ0v) is 15.0. The van der Waals surface area contributed by atoms with Crippen molar-refractivity contribution < 1.29 is 9.53 Å². The molecule has 1 fully saturated rings. The normalized spacial score (nSPS) is 21.8. The first-order chi connectivity index (χ1) is 10.7. The summed E-state index contributed by atoms with van der Waals surface area (Å²) in [6.07, 6.45) is 6.36. The topological polar surface area (TPSA) is 68.2 Å². The Kier molecular flexibility index (Phi) is 5.55. The third kappa shape index (κ3) is 5.44. The van der Waals surface area contributed by atoms with Gasteiger partial charge in [0, 0.05) is 25.8 Å². The highest BCUT2D eigenvalue weighted by Gasteiger charge is 2.27. The minimum Gasteiger partial charge on any atom is -0.444 e. The minimum absolute atomic E-state index is 0.334. The monoisotopic (exact) mass is 322 g/mol. The molecule has 1 aromatic heterocycles. The Morgan fingerprint density at radius 3 is 2.70 bits per heavy atom. The Balaban J connectivity index is 1.91. The van der Waals surface area contributed by atoms with E-state index in [-0.39, 0.29) is 6.09 Å².